The number of allylic oxidation sites excluding steroid dienone is 2. The van der Waals surface area contributed by atoms with Crippen LogP contribution in [0, 0.1) is 5.41 Å². The van der Waals surface area contributed by atoms with Crippen LogP contribution in [-0.2, 0) is 4.74 Å². The van der Waals surface area contributed by atoms with E-state index in [9.17, 15) is 5.11 Å². The summed E-state index contributed by atoms with van der Waals surface area (Å²) < 4.78 is 6.00. The first-order valence-electron chi connectivity index (χ1n) is 5.98. The van der Waals surface area contributed by atoms with Crippen LogP contribution in [0.15, 0.2) is 24.3 Å². The quantitative estimate of drug-likeness (QED) is 0.575. The van der Waals surface area contributed by atoms with E-state index >= 15 is 0 Å². The molecule has 16 heavy (non-hydrogen) atoms. The number of epoxide rings is 1. The van der Waals surface area contributed by atoms with Gasteiger partial charge >= 0.3 is 0 Å². The first-order chi connectivity index (χ1) is 7.25. The minimum atomic E-state index is -0.309. The van der Waals surface area contributed by atoms with Crippen LogP contribution < -0.4 is 0 Å². The molecule has 1 N–H and O–H groups in total. The van der Waals surface area contributed by atoms with Crippen molar-refractivity contribution in [3.8, 4) is 0 Å². The normalized spacial score (nSPS) is 45.4. The number of fused-ring (bicyclic) bond motifs is 1. The molecule has 90 valence electrons. The molecule has 2 rings (SSSR count). The number of ether oxygens (including phenoxy) is 1. The van der Waals surface area contributed by atoms with Crippen molar-refractivity contribution in [3.63, 3.8) is 0 Å². The summed E-state index contributed by atoms with van der Waals surface area (Å²) in [6.07, 6.45) is 5.56. The fourth-order valence-electron chi connectivity index (χ4n) is 3.08. The highest BCUT2D eigenvalue weighted by atomic mass is 16.6. The van der Waals surface area contributed by atoms with Gasteiger partial charge in [-0.1, -0.05) is 32.1 Å². The van der Waals surface area contributed by atoms with E-state index in [-0.39, 0.29) is 22.7 Å². The van der Waals surface area contributed by atoms with Crippen molar-refractivity contribution in [1.29, 1.82) is 0 Å². The van der Waals surface area contributed by atoms with Crippen molar-refractivity contribution in [2.75, 3.05) is 0 Å². The van der Waals surface area contributed by atoms with Crippen molar-refractivity contribution < 1.29 is 9.84 Å². The molecule has 1 heterocycles. The van der Waals surface area contributed by atoms with Crippen molar-refractivity contribution in [1.82, 2.24) is 0 Å². The second-order valence-corrected chi connectivity index (χ2v) is 6.02. The van der Waals surface area contributed by atoms with Gasteiger partial charge in [-0.25, -0.2) is 0 Å². The Morgan fingerprint density at radius 3 is 2.62 bits per heavy atom. The molecular weight excluding hydrogens is 200 g/mol. The van der Waals surface area contributed by atoms with Gasteiger partial charge < -0.3 is 9.84 Å². The summed E-state index contributed by atoms with van der Waals surface area (Å²) in [5.41, 5.74) is 0.382. The largest absolute Gasteiger partial charge is 0.392 e. The molecule has 1 saturated carbocycles. The summed E-state index contributed by atoms with van der Waals surface area (Å²) in [6.45, 7) is 12.2. The lowest BCUT2D eigenvalue weighted by atomic mass is 9.62. The van der Waals surface area contributed by atoms with Gasteiger partial charge in [-0.15, -0.1) is 0 Å². The lowest BCUT2D eigenvalue weighted by Gasteiger charge is -2.40. The summed E-state index contributed by atoms with van der Waals surface area (Å²) in [6, 6.07) is 0. The Kier molecular flexibility index (Phi) is 2.38. The van der Waals surface area contributed by atoms with Crippen LogP contribution in [0.1, 0.15) is 40.5 Å². The van der Waals surface area contributed by atoms with Crippen LogP contribution in [0.2, 0.25) is 0 Å². The maximum Gasteiger partial charge on any atom is 0.124 e. The predicted octanol–water partition coefficient (Wildman–Crippen LogP) is 2.83. The Morgan fingerprint density at radius 1 is 1.44 bits per heavy atom. The molecule has 3 unspecified atom stereocenters. The molecule has 0 radical (unpaired) electrons. The Hall–Kier alpha value is -0.600. The Labute approximate surface area is 98.0 Å². The van der Waals surface area contributed by atoms with Crippen molar-refractivity contribution in [2.45, 2.75) is 57.8 Å². The molecule has 2 fully saturated rings. The van der Waals surface area contributed by atoms with E-state index in [0.717, 1.165) is 18.4 Å². The van der Waals surface area contributed by atoms with Gasteiger partial charge in [0.15, 0.2) is 0 Å². The van der Waals surface area contributed by atoms with Crippen LogP contribution in [0.4, 0.5) is 0 Å². The van der Waals surface area contributed by atoms with Gasteiger partial charge in [0.05, 0.1) is 11.7 Å². The molecule has 0 spiro atoms. The fourth-order valence-corrected chi connectivity index (χ4v) is 3.08. The zero-order chi connectivity index (χ0) is 12.2. The van der Waals surface area contributed by atoms with Gasteiger partial charge in [0.1, 0.15) is 5.60 Å². The average molecular weight is 222 g/mol. The standard InChI is InChI=1S/C14H22O2/c1-10(2)6-9-14-12(3,4)11(15)7-8-13(14,5)16-14/h6,9,11,15H,1,7-8H2,2-5H3/b9-6+. The molecule has 0 aromatic rings. The van der Waals surface area contributed by atoms with Gasteiger partial charge in [0.25, 0.3) is 0 Å². The molecule has 3 atom stereocenters. The van der Waals surface area contributed by atoms with Crippen LogP contribution in [-0.4, -0.2) is 22.4 Å². The Morgan fingerprint density at radius 2 is 2.06 bits per heavy atom. The molecule has 0 aromatic carbocycles. The lowest BCUT2D eigenvalue weighted by Crippen LogP contribution is -2.49. The molecule has 1 aliphatic carbocycles. The monoisotopic (exact) mass is 222 g/mol. The van der Waals surface area contributed by atoms with E-state index in [0.29, 0.717) is 0 Å². The summed E-state index contributed by atoms with van der Waals surface area (Å²) in [5.74, 6) is 0. The van der Waals surface area contributed by atoms with Gasteiger partial charge in [-0.2, -0.15) is 0 Å². The third-order valence-corrected chi connectivity index (χ3v) is 4.42. The van der Waals surface area contributed by atoms with E-state index in [4.69, 9.17) is 4.74 Å². The summed E-state index contributed by atoms with van der Waals surface area (Å²) >= 11 is 0. The van der Waals surface area contributed by atoms with Gasteiger partial charge in [0.2, 0.25) is 0 Å². The molecule has 2 nitrogen and oxygen atoms in total. The van der Waals surface area contributed by atoms with Crippen LogP contribution in [0.5, 0.6) is 0 Å². The van der Waals surface area contributed by atoms with Crippen molar-refractivity contribution in [2.24, 2.45) is 5.41 Å². The topological polar surface area (TPSA) is 32.8 Å². The van der Waals surface area contributed by atoms with Gasteiger partial charge in [-0.3, -0.25) is 0 Å². The molecule has 0 aromatic heterocycles. The zero-order valence-electron chi connectivity index (χ0n) is 10.7. The summed E-state index contributed by atoms with van der Waals surface area (Å²) in [5, 5.41) is 10.1. The molecule has 0 bridgehead atoms. The van der Waals surface area contributed by atoms with E-state index < -0.39 is 0 Å². The second-order valence-electron chi connectivity index (χ2n) is 6.02. The van der Waals surface area contributed by atoms with Crippen molar-refractivity contribution >= 4 is 0 Å². The van der Waals surface area contributed by atoms with E-state index in [1.807, 2.05) is 13.0 Å². The Balaban J connectivity index is 2.35. The summed E-state index contributed by atoms with van der Waals surface area (Å²) in [7, 11) is 0. The third kappa shape index (κ3) is 1.33. The van der Waals surface area contributed by atoms with E-state index in [1.54, 1.807) is 0 Å². The average Bonchev–Trinajstić information content (AvgIpc) is 2.80. The molecule has 1 aliphatic heterocycles. The smallest absolute Gasteiger partial charge is 0.124 e. The second kappa shape index (κ2) is 3.21. The third-order valence-electron chi connectivity index (χ3n) is 4.42. The molecule has 2 heteroatoms. The highest BCUT2D eigenvalue weighted by Crippen LogP contribution is 2.65. The van der Waals surface area contributed by atoms with Crippen LogP contribution in [0.25, 0.3) is 0 Å². The first-order valence-corrected chi connectivity index (χ1v) is 5.98. The maximum absolute atomic E-state index is 10.1. The molecule has 1 saturated heterocycles. The fraction of sp³-hybridized carbons (Fsp3) is 0.714. The number of hydrogen-bond donors (Lipinski definition) is 1. The minimum absolute atomic E-state index is 0.0956. The molecule has 2 aliphatic rings. The minimum Gasteiger partial charge on any atom is -0.392 e. The molecule has 0 amide bonds. The van der Waals surface area contributed by atoms with E-state index in [2.05, 4.69) is 33.4 Å². The van der Waals surface area contributed by atoms with Crippen LogP contribution in [0.3, 0.4) is 0 Å². The SMILES string of the molecule is C=C(C)/C=C/C12OC1(C)CCC(O)C2(C)C. The Bertz CT molecular complexity index is 356. The summed E-state index contributed by atoms with van der Waals surface area (Å²) in [4.78, 5) is 0. The molecular formula is C14H22O2. The predicted molar refractivity (Wildman–Crippen MR) is 65.2 cm³/mol. The highest BCUT2D eigenvalue weighted by Gasteiger charge is 2.75. The van der Waals surface area contributed by atoms with Crippen molar-refractivity contribution in [3.05, 3.63) is 24.3 Å². The lowest BCUT2D eigenvalue weighted by molar-refractivity contribution is -0.00901. The highest BCUT2D eigenvalue weighted by molar-refractivity contribution is 5.34. The first kappa shape index (κ1) is 11.9. The maximum atomic E-state index is 10.1. The number of rotatable bonds is 2. The van der Waals surface area contributed by atoms with E-state index in [1.165, 1.54) is 0 Å². The van der Waals surface area contributed by atoms with Crippen LogP contribution >= 0.6 is 0 Å². The zero-order valence-corrected chi connectivity index (χ0v) is 10.7. The number of aliphatic hydroxyl groups excluding tert-OH is 1. The number of aliphatic hydroxyl groups is 1. The van der Waals surface area contributed by atoms with Gasteiger partial charge in [-0.05, 0) is 32.8 Å². The number of hydrogen-bond acceptors (Lipinski definition) is 2. The van der Waals surface area contributed by atoms with Gasteiger partial charge in [0, 0.05) is 5.41 Å².